The van der Waals surface area contributed by atoms with E-state index in [4.69, 9.17) is 0 Å². The number of hydrogen-bond donors (Lipinski definition) is 1. The second-order valence-corrected chi connectivity index (χ2v) is 4.42. The molecule has 0 fully saturated rings. The molecule has 0 aromatic heterocycles. The van der Waals surface area contributed by atoms with Gasteiger partial charge in [0.1, 0.15) is 0 Å². The Morgan fingerprint density at radius 3 is 2.38 bits per heavy atom. The van der Waals surface area contributed by atoms with Crippen molar-refractivity contribution in [3.8, 4) is 0 Å². The summed E-state index contributed by atoms with van der Waals surface area (Å²) in [6.45, 7) is 6.09. The molecule has 16 heavy (non-hydrogen) atoms. The lowest BCUT2D eigenvalue weighted by molar-refractivity contribution is -0.123. The number of carbonyl (C=O) groups is 1. The van der Waals surface area contributed by atoms with Gasteiger partial charge in [0.15, 0.2) is 0 Å². The molecule has 1 amide bonds. The molecule has 0 unspecified atom stereocenters. The highest BCUT2D eigenvalue weighted by Gasteiger charge is 2.19. The molecule has 0 heterocycles. The normalized spacial score (nSPS) is 12.5. The number of rotatable bonds is 5. The van der Waals surface area contributed by atoms with Crippen molar-refractivity contribution in [3.63, 3.8) is 0 Å². The van der Waals surface area contributed by atoms with Crippen LogP contribution in [-0.4, -0.2) is 11.9 Å². The van der Waals surface area contributed by atoms with Gasteiger partial charge >= 0.3 is 0 Å². The van der Waals surface area contributed by atoms with E-state index in [-0.39, 0.29) is 17.9 Å². The fraction of sp³-hybridized carbons (Fsp3) is 0.500. The van der Waals surface area contributed by atoms with Gasteiger partial charge in [-0.1, -0.05) is 43.7 Å². The van der Waals surface area contributed by atoms with Crippen LogP contribution in [-0.2, 0) is 4.79 Å². The number of hydrogen-bond acceptors (Lipinski definition) is 1. The number of amides is 1. The maximum Gasteiger partial charge on any atom is 0.227 e. The van der Waals surface area contributed by atoms with Gasteiger partial charge in [0.25, 0.3) is 0 Å². The highest BCUT2D eigenvalue weighted by atomic mass is 16.1. The fourth-order valence-electron chi connectivity index (χ4n) is 1.81. The Kier molecular flexibility index (Phi) is 5.03. The molecule has 2 nitrogen and oxygen atoms in total. The van der Waals surface area contributed by atoms with Crippen LogP contribution < -0.4 is 5.32 Å². The first-order chi connectivity index (χ1) is 7.65. The fourth-order valence-corrected chi connectivity index (χ4v) is 1.81. The van der Waals surface area contributed by atoms with Gasteiger partial charge in [-0.3, -0.25) is 4.79 Å². The monoisotopic (exact) mass is 219 g/mol. The Balaban J connectivity index is 2.79. The lowest BCUT2D eigenvalue weighted by Crippen LogP contribution is -2.34. The molecule has 0 aliphatic rings. The molecule has 0 bridgehead atoms. The zero-order valence-electron chi connectivity index (χ0n) is 10.4. The average Bonchev–Trinajstić information content (AvgIpc) is 2.26. The molecule has 0 radical (unpaired) electrons. The summed E-state index contributed by atoms with van der Waals surface area (Å²) in [5, 5.41) is 2.99. The zero-order chi connectivity index (χ0) is 12.0. The third kappa shape index (κ3) is 3.69. The summed E-state index contributed by atoms with van der Waals surface area (Å²) < 4.78 is 0. The average molecular weight is 219 g/mol. The van der Waals surface area contributed by atoms with Gasteiger partial charge in [-0.25, -0.2) is 0 Å². The van der Waals surface area contributed by atoms with Crippen molar-refractivity contribution in [2.75, 3.05) is 0 Å². The van der Waals surface area contributed by atoms with Crippen molar-refractivity contribution >= 4 is 5.91 Å². The predicted octanol–water partition coefficient (Wildman–Crippen LogP) is 3.09. The van der Waals surface area contributed by atoms with Crippen LogP contribution in [0.3, 0.4) is 0 Å². The van der Waals surface area contributed by atoms with Gasteiger partial charge in [-0.15, -0.1) is 0 Å². The Hall–Kier alpha value is -1.31. The minimum Gasteiger partial charge on any atom is -0.353 e. The molecule has 0 saturated carbocycles. The topological polar surface area (TPSA) is 29.1 Å². The van der Waals surface area contributed by atoms with Crippen molar-refractivity contribution in [1.29, 1.82) is 0 Å². The third-order valence-corrected chi connectivity index (χ3v) is 2.53. The van der Waals surface area contributed by atoms with Gasteiger partial charge in [-0.05, 0) is 25.8 Å². The zero-order valence-corrected chi connectivity index (χ0v) is 10.4. The maximum absolute atomic E-state index is 12.0. The minimum absolute atomic E-state index is 0.00593. The largest absolute Gasteiger partial charge is 0.353 e. The Morgan fingerprint density at radius 1 is 1.25 bits per heavy atom. The summed E-state index contributed by atoms with van der Waals surface area (Å²) in [7, 11) is 0. The molecule has 1 aromatic carbocycles. The van der Waals surface area contributed by atoms with Crippen LogP contribution in [0.5, 0.6) is 0 Å². The second kappa shape index (κ2) is 6.31. The van der Waals surface area contributed by atoms with Crippen LogP contribution >= 0.6 is 0 Å². The molecule has 88 valence electrons. The summed E-state index contributed by atoms with van der Waals surface area (Å²) in [4.78, 5) is 12.0. The molecule has 0 aliphatic heterocycles. The molecule has 0 spiro atoms. The van der Waals surface area contributed by atoms with Crippen LogP contribution in [0.15, 0.2) is 30.3 Å². The van der Waals surface area contributed by atoms with Crippen LogP contribution in [0.4, 0.5) is 0 Å². The highest BCUT2D eigenvalue weighted by molar-refractivity contribution is 5.83. The Bertz CT molecular complexity index is 319. The van der Waals surface area contributed by atoms with E-state index in [0.29, 0.717) is 0 Å². The molecule has 0 saturated heterocycles. The van der Waals surface area contributed by atoms with Crippen LogP contribution in [0.1, 0.15) is 45.1 Å². The van der Waals surface area contributed by atoms with Crippen LogP contribution in [0, 0.1) is 0 Å². The first-order valence-electron chi connectivity index (χ1n) is 6.00. The third-order valence-electron chi connectivity index (χ3n) is 2.53. The van der Waals surface area contributed by atoms with Crippen molar-refractivity contribution < 1.29 is 4.79 Å². The summed E-state index contributed by atoms with van der Waals surface area (Å²) in [6, 6.07) is 10.2. The van der Waals surface area contributed by atoms with Crippen molar-refractivity contribution in [1.82, 2.24) is 5.32 Å². The molecular formula is C14H21NO. The first kappa shape index (κ1) is 12.8. The van der Waals surface area contributed by atoms with Crippen LogP contribution in [0.25, 0.3) is 0 Å². The van der Waals surface area contributed by atoms with Crippen molar-refractivity contribution in [2.45, 2.75) is 45.6 Å². The minimum atomic E-state index is -0.00593. The molecule has 1 atom stereocenters. The molecule has 1 aromatic rings. The van der Waals surface area contributed by atoms with E-state index in [9.17, 15) is 4.79 Å². The van der Waals surface area contributed by atoms with Crippen molar-refractivity contribution in [3.05, 3.63) is 35.9 Å². The van der Waals surface area contributed by atoms with E-state index >= 15 is 0 Å². The van der Waals surface area contributed by atoms with Gasteiger partial charge in [0.2, 0.25) is 5.91 Å². The Morgan fingerprint density at radius 2 is 1.88 bits per heavy atom. The molecule has 0 aliphatic carbocycles. The van der Waals surface area contributed by atoms with E-state index in [2.05, 4.69) is 12.2 Å². The summed E-state index contributed by atoms with van der Waals surface area (Å²) in [5.41, 5.74) is 1.11. The summed E-state index contributed by atoms with van der Waals surface area (Å²) in [5.74, 6) is 0.136. The lowest BCUT2D eigenvalue weighted by atomic mass is 9.93. The molecule has 1 rings (SSSR count). The molecule has 2 heteroatoms. The van der Waals surface area contributed by atoms with E-state index in [1.807, 2.05) is 44.2 Å². The first-order valence-corrected chi connectivity index (χ1v) is 6.00. The number of nitrogens with one attached hydrogen (secondary N) is 1. The highest BCUT2D eigenvalue weighted by Crippen LogP contribution is 2.21. The standard InChI is InChI=1S/C14H21NO/c1-4-8-13(14(16)15-11(2)3)12-9-6-5-7-10-12/h5-7,9-11,13H,4,8H2,1-3H3,(H,15,16)/t13-/m0/s1. The Labute approximate surface area is 98.1 Å². The van der Waals surface area contributed by atoms with Gasteiger partial charge < -0.3 is 5.32 Å². The predicted molar refractivity (Wildman–Crippen MR) is 67.4 cm³/mol. The molecule has 1 N–H and O–H groups in total. The van der Waals surface area contributed by atoms with E-state index in [1.165, 1.54) is 0 Å². The smallest absolute Gasteiger partial charge is 0.227 e. The summed E-state index contributed by atoms with van der Waals surface area (Å²) in [6.07, 6.45) is 1.92. The van der Waals surface area contributed by atoms with E-state index in [0.717, 1.165) is 18.4 Å². The number of benzene rings is 1. The molecular weight excluding hydrogens is 198 g/mol. The van der Waals surface area contributed by atoms with E-state index in [1.54, 1.807) is 0 Å². The van der Waals surface area contributed by atoms with Gasteiger partial charge in [-0.2, -0.15) is 0 Å². The summed E-state index contributed by atoms with van der Waals surface area (Å²) >= 11 is 0. The van der Waals surface area contributed by atoms with E-state index < -0.39 is 0 Å². The quantitative estimate of drug-likeness (QED) is 0.810. The number of carbonyl (C=O) groups excluding carboxylic acids is 1. The van der Waals surface area contributed by atoms with Gasteiger partial charge in [0.05, 0.1) is 5.92 Å². The van der Waals surface area contributed by atoms with Gasteiger partial charge in [0, 0.05) is 6.04 Å². The lowest BCUT2D eigenvalue weighted by Gasteiger charge is -2.18. The van der Waals surface area contributed by atoms with Crippen molar-refractivity contribution in [2.24, 2.45) is 0 Å². The SMILES string of the molecule is CCC[C@H](C(=O)NC(C)C)c1ccccc1. The second-order valence-electron chi connectivity index (χ2n) is 4.42. The van der Waals surface area contributed by atoms with Crippen LogP contribution in [0.2, 0.25) is 0 Å². The maximum atomic E-state index is 12.0.